The maximum atomic E-state index is 13.0. The van der Waals surface area contributed by atoms with Crippen molar-refractivity contribution >= 4 is 15.8 Å². The highest BCUT2D eigenvalue weighted by molar-refractivity contribution is 7.89. The fourth-order valence-electron chi connectivity index (χ4n) is 1.75. The van der Waals surface area contributed by atoms with E-state index in [1.807, 2.05) is 0 Å². The van der Waals surface area contributed by atoms with Gasteiger partial charge in [0.2, 0.25) is 10.0 Å². The number of Topliss-reactive ketones (excluding diaryl/α,β-unsaturated/α-hetero) is 1. The van der Waals surface area contributed by atoms with E-state index in [1.165, 1.54) is 48.5 Å². The van der Waals surface area contributed by atoms with E-state index in [0.29, 0.717) is 5.56 Å². The van der Waals surface area contributed by atoms with Gasteiger partial charge in [0.15, 0.2) is 5.78 Å². The minimum absolute atomic E-state index is 0.0144. The van der Waals surface area contributed by atoms with Gasteiger partial charge in [-0.2, -0.15) is 0 Å². The molecule has 0 spiro atoms. The second kappa shape index (κ2) is 5.52. The summed E-state index contributed by atoms with van der Waals surface area (Å²) >= 11 is 0. The third-order valence-electron chi connectivity index (χ3n) is 2.76. The van der Waals surface area contributed by atoms with Crippen molar-refractivity contribution < 1.29 is 17.6 Å². The number of halogens is 1. The lowest BCUT2D eigenvalue weighted by atomic mass is 10.0. The van der Waals surface area contributed by atoms with Crippen LogP contribution in [-0.4, -0.2) is 14.2 Å². The first-order valence-electron chi connectivity index (χ1n) is 5.77. The minimum atomic E-state index is -3.74. The van der Waals surface area contributed by atoms with Crippen LogP contribution in [0.3, 0.4) is 0 Å². The molecular weight excluding hydrogens is 281 g/mol. The molecule has 0 aliphatic rings. The lowest BCUT2D eigenvalue weighted by Gasteiger charge is -2.03. The highest BCUT2D eigenvalue weighted by Crippen LogP contribution is 2.12. The molecule has 0 fully saturated rings. The average molecular weight is 293 g/mol. The van der Waals surface area contributed by atoms with Crippen molar-refractivity contribution in [1.82, 2.24) is 0 Å². The van der Waals surface area contributed by atoms with Gasteiger partial charge in [-0.05, 0) is 29.8 Å². The van der Waals surface area contributed by atoms with Crippen LogP contribution in [0.1, 0.15) is 15.9 Å². The molecular formula is C14H12FNO3S. The largest absolute Gasteiger partial charge is 0.294 e. The van der Waals surface area contributed by atoms with Gasteiger partial charge in [-0.1, -0.05) is 24.3 Å². The fraction of sp³-hybridized carbons (Fsp3) is 0.0714. The van der Waals surface area contributed by atoms with Crippen molar-refractivity contribution in [2.45, 2.75) is 11.3 Å². The molecule has 0 saturated carbocycles. The van der Waals surface area contributed by atoms with Crippen molar-refractivity contribution in [2.75, 3.05) is 0 Å². The molecule has 4 nitrogen and oxygen atoms in total. The molecule has 6 heteroatoms. The predicted molar refractivity (Wildman–Crippen MR) is 72.2 cm³/mol. The molecule has 0 saturated heterocycles. The number of rotatable bonds is 4. The smallest absolute Gasteiger partial charge is 0.238 e. The molecule has 0 aliphatic heterocycles. The molecule has 0 bridgehead atoms. The summed E-state index contributed by atoms with van der Waals surface area (Å²) in [4.78, 5) is 11.9. The Labute approximate surface area is 116 Å². The SMILES string of the molecule is NS(=O)(=O)c1ccc(CC(=O)c2cccc(F)c2)cc1. The number of carbonyl (C=O) groups is 1. The molecule has 0 heterocycles. The van der Waals surface area contributed by atoms with E-state index < -0.39 is 15.8 Å². The summed E-state index contributed by atoms with van der Waals surface area (Å²) < 4.78 is 35.2. The van der Waals surface area contributed by atoms with Crippen LogP contribution in [0.25, 0.3) is 0 Å². The molecule has 2 N–H and O–H groups in total. The Morgan fingerprint density at radius 2 is 1.75 bits per heavy atom. The highest BCUT2D eigenvalue weighted by Gasteiger charge is 2.10. The number of carbonyl (C=O) groups excluding carboxylic acids is 1. The van der Waals surface area contributed by atoms with Crippen molar-refractivity contribution in [3.8, 4) is 0 Å². The molecule has 0 radical (unpaired) electrons. The van der Waals surface area contributed by atoms with Gasteiger partial charge in [0, 0.05) is 12.0 Å². The van der Waals surface area contributed by atoms with Crippen LogP contribution in [0.2, 0.25) is 0 Å². The molecule has 2 rings (SSSR count). The maximum Gasteiger partial charge on any atom is 0.238 e. The summed E-state index contributed by atoms with van der Waals surface area (Å²) in [6, 6.07) is 11.1. The Bertz CT molecular complexity index is 739. The van der Waals surface area contributed by atoms with Crippen LogP contribution in [0.5, 0.6) is 0 Å². The van der Waals surface area contributed by atoms with Crippen LogP contribution in [0, 0.1) is 5.82 Å². The summed E-state index contributed by atoms with van der Waals surface area (Å²) in [5.41, 5.74) is 0.909. The lowest BCUT2D eigenvalue weighted by Crippen LogP contribution is -2.12. The third kappa shape index (κ3) is 3.49. The van der Waals surface area contributed by atoms with Crippen molar-refractivity contribution in [1.29, 1.82) is 0 Å². The van der Waals surface area contributed by atoms with Gasteiger partial charge in [-0.25, -0.2) is 17.9 Å². The van der Waals surface area contributed by atoms with E-state index in [9.17, 15) is 17.6 Å². The summed E-state index contributed by atoms with van der Waals surface area (Å²) in [6.45, 7) is 0. The fourth-order valence-corrected chi connectivity index (χ4v) is 2.26. The second-order valence-corrected chi connectivity index (χ2v) is 5.86. The summed E-state index contributed by atoms with van der Waals surface area (Å²) in [5.74, 6) is -0.715. The Kier molecular flexibility index (Phi) is 3.96. The van der Waals surface area contributed by atoms with Gasteiger partial charge >= 0.3 is 0 Å². The van der Waals surface area contributed by atoms with Crippen molar-refractivity contribution in [2.24, 2.45) is 5.14 Å². The van der Waals surface area contributed by atoms with E-state index >= 15 is 0 Å². The lowest BCUT2D eigenvalue weighted by molar-refractivity contribution is 0.0992. The number of primary sulfonamides is 1. The normalized spacial score (nSPS) is 11.3. The minimum Gasteiger partial charge on any atom is -0.294 e. The number of nitrogens with two attached hydrogens (primary N) is 1. The van der Waals surface area contributed by atoms with E-state index in [-0.39, 0.29) is 22.7 Å². The Balaban J connectivity index is 2.16. The average Bonchev–Trinajstić information content (AvgIpc) is 2.38. The van der Waals surface area contributed by atoms with E-state index in [1.54, 1.807) is 0 Å². The molecule has 0 unspecified atom stereocenters. The zero-order chi connectivity index (χ0) is 14.8. The van der Waals surface area contributed by atoms with Crippen molar-refractivity contribution in [3.05, 3.63) is 65.5 Å². The highest BCUT2D eigenvalue weighted by atomic mass is 32.2. The molecule has 0 aliphatic carbocycles. The molecule has 0 aromatic heterocycles. The first kappa shape index (κ1) is 14.4. The molecule has 0 amide bonds. The molecule has 2 aromatic carbocycles. The van der Waals surface area contributed by atoms with Gasteiger partial charge < -0.3 is 0 Å². The van der Waals surface area contributed by atoms with Crippen molar-refractivity contribution in [3.63, 3.8) is 0 Å². The van der Waals surface area contributed by atoms with Gasteiger partial charge in [0.25, 0.3) is 0 Å². The Morgan fingerprint density at radius 1 is 1.10 bits per heavy atom. The van der Waals surface area contributed by atoms with Crippen LogP contribution in [-0.2, 0) is 16.4 Å². The topological polar surface area (TPSA) is 77.2 Å². The molecule has 2 aromatic rings. The predicted octanol–water partition coefficient (Wildman–Crippen LogP) is 1.90. The van der Waals surface area contributed by atoms with E-state index in [0.717, 1.165) is 0 Å². The molecule has 0 atom stereocenters. The van der Waals surface area contributed by atoms with Gasteiger partial charge in [-0.15, -0.1) is 0 Å². The standard InChI is InChI=1S/C14H12FNO3S/c15-12-3-1-2-11(9-12)14(17)8-10-4-6-13(7-5-10)20(16,18)19/h1-7,9H,8H2,(H2,16,18,19). The van der Waals surface area contributed by atoms with Crippen LogP contribution in [0.4, 0.5) is 4.39 Å². The van der Waals surface area contributed by atoms with Crippen LogP contribution < -0.4 is 5.14 Å². The first-order valence-corrected chi connectivity index (χ1v) is 7.31. The number of hydrogen-bond acceptors (Lipinski definition) is 3. The number of hydrogen-bond donors (Lipinski definition) is 1. The summed E-state index contributed by atoms with van der Waals surface area (Å²) in [6.07, 6.45) is 0.0638. The van der Waals surface area contributed by atoms with Gasteiger partial charge in [0.05, 0.1) is 4.90 Å². The van der Waals surface area contributed by atoms with Gasteiger partial charge in [0.1, 0.15) is 5.82 Å². The quantitative estimate of drug-likeness (QED) is 0.875. The zero-order valence-electron chi connectivity index (χ0n) is 10.4. The maximum absolute atomic E-state index is 13.0. The van der Waals surface area contributed by atoms with Crippen LogP contribution >= 0.6 is 0 Å². The van der Waals surface area contributed by atoms with Crippen LogP contribution in [0.15, 0.2) is 53.4 Å². The first-order chi connectivity index (χ1) is 9.36. The Morgan fingerprint density at radius 3 is 2.30 bits per heavy atom. The Hall–Kier alpha value is -2.05. The van der Waals surface area contributed by atoms with Gasteiger partial charge in [-0.3, -0.25) is 4.79 Å². The third-order valence-corrected chi connectivity index (χ3v) is 3.69. The molecule has 20 heavy (non-hydrogen) atoms. The zero-order valence-corrected chi connectivity index (χ0v) is 11.2. The van der Waals surface area contributed by atoms with E-state index in [2.05, 4.69) is 0 Å². The van der Waals surface area contributed by atoms with E-state index in [4.69, 9.17) is 5.14 Å². The monoisotopic (exact) mass is 293 g/mol. The summed E-state index contributed by atoms with van der Waals surface area (Å²) in [5, 5.41) is 4.98. The number of ketones is 1. The summed E-state index contributed by atoms with van der Waals surface area (Å²) in [7, 11) is -3.74. The number of benzene rings is 2. The second-order valence-electron chi connectivity index (χ2n) is 4.30. The molecule has 104 valence electrons. The number of sulfonamides is 1.